The van der Waals surface area contributed by atoms with Crippen molar-refractivity contribution in [2.75, 3.05) is 0 Å². The molecule has 1 aromatic carbocycles. The first kappa shape index (κ1) is 9.53. The summed E-state index contributed by atoms with van der Waals surface area (Å²) in [5.74, 6) is 0.809. The summed E-state index contributed by atoms with van der Waals surface area (Å²) in [4.78, 5) is 4.37. The molecule has 14 heavy (non-hydrogen) atoms. The van der Waals surface area contributed by atoms with Crippen molar-refractivity contribution in [1.29, 1.82) is 0 Å². The Balaban J connectivity index is 2.32. The number of aryl methyl sites for hydroxylation is 1. The van der Waals surface area contributed by atoms with E-state index < -0.39 is 0 Å². The number of halogens is 1. The second-order valence-electron chi connectivity index (χ2n) is 3.32. The van der Waals surface area contributed by atoms with E-state index in [1.807, 2.05) is 12.1 Å². The summed E-state index contributed by atoms with van der Waals surface area (Å²) in [6.07, 6.45) is 3.17. The first-order valence-corrected chi connectivity index (χ1v) is 5.22. The van der Waals surface area contributed by atoms with E-state index in [1.165, 1.54) is 0 Å². The first-order chi connectivity index (χ1) is 6.79. The van der Waals surface area contributed by atoms with Crippen molar-refractivity contribution in [1.82, 2.24) is 4.98 Å². The standard InChI is InChI=1S/C11H12ClNO/c1-2-3-4-11-13-9-6-5-8(12)7-10(9)14-11/h5-7H,2-4H2,1H3. The Bertz CT molecular complexity index is 436. The SMILES string of the molecule is CCCCc1nc2ccc(Cl)cc2o1. The van der Waals surface area contributed by atoms with Gasteiger partial charge in [-0.1, -0.05) is 24.9 Å². The van der Waals surface area contributed by atoms with Crippen molar-refractivity contribution in [2.24, 2.45) is 0 Å². The number of hydrogen-bond acceptors (Lipinski definition) is 2. The lowest BCUT2D eigenvalue weighted by Crippen LogP contribution is -1.82. The molecule has 0 bridgehead atoms. The molecule has 0 radical (unpaired) electrons. The number of nitrogens with zero attached hydrogens (tertiary/aromatic N) is 1. The highest BCUT2D eigenvalue weighted by Gasteiger charge is 2.04. The molecule has 0 N–H and O–H groups in total. The van der Waals surface area contributed by atoms with E-state index in [0.717, 1.165) is 36.3 Å². The van der Waals surface area contributed by atoms with E-state index in [1.54, 1.807) is 6.07 Å². The van der Waals surface area contributed by atoms with E-state index in [2.05, 4.69) is 11.9 Å². The predicted molar refractivity (Wildman–Crippen MR) is 57.6 cm³/mol. The van der Waals surface area contributed by atoms with Crippen LogP contribution in [-0.4, -0.2) is 4.98 Å². The van der Waals surface area contributed by atoms with Crippen molar-refractivity contribution in [3.05, 3.63) is 29.1 Å². The summed E-state index contributed by atoms with van der Waals surface area (Å²) in [7, 11) is 0. The smallest absolute Gasteiger partial charge is 0.195 e. The Labute approximate surface area is 87.9 Å². The van der Waals surface area contributed by atoms with Gasteiger partial charge in [0.1, 0.15) is 5.52 Å². The lowest BCUT2D eigenvalue weighted by Gasteiger charge is -1.89. The van der Waals surface area contributed by atoms with Crippen LogP contribution in [-0.2, 0) is 6.42 Å². The molecule has 2 aromatic rings. The van der Waals surface area contributed by atoms with Gasteiger partial charge in [0.15, 0.2) is 11.5 Å². The van der Waals surface area contributed by atoms with Crippen LogP contribution in [0.4, 0.5) is 0 Å². The minimum Gasteiger partial charge on any atom is -0.441 e. The molecule has 2 rings (SSSR count). The Kier molecular flexibility index (Phi) is 2.73. The largest absolute Gasteiger partial charge is 0.441 e. The molecule has 1 aromatic heterocycles. The summed E-state index contributed by atoms with van der Waals surface area (Å²) in [5, 5.41) is 0.690. The third-order valence-corrected chi connectivity index (χ3v) is 2.37. The molecule has 0 atom stereocenters. The third-order valence-electron chi connectivity index (χ3n) is 2.14. The number of fused-ring (bicyclic) bond motifs is 1. The number of oxazole rings is 1. The van der Waals surface area contributed by atoms with E-state index >= 15 is 0 Å². The molecular formula is C11H12ClNO. The summed E-state index contributed by atoms with van der Waals surface area (Å²) in [5.41, 5.74) is 1.67. The highest BCUT2D eigenvalue weighted by atomic mass is 35.5. The molecule has 0 aliphatic carbocycles. The minimum atomic E-state index is 0.690. The van der Waals surface area contributed by atoms with E-state index in [4.69, 9.17) is 16.0 Å². The highest BCUT2D eigenvalue weighted by molar-refractivity contribution is 6.31. The Morgan fingerprint density at radius 2 is 2.29 bits per heavy atom. The maximum absolute atomic E-state index is 5.84. The maximum Gasteiger partial charge on any atom is 0.195 e. The van der Waals surface area contributed by atoms with Crippen LogP contribution in [0.25, 0.3) is 11.1 Å². The fraction of sp³-hybridized carbons (Fsp3) is 0.364. The van der Waals surface area contributed by atoms with Crippen LogP contribution in [0.2, 0.25) is 5.02 Å². The van der Waals surface area contributed by atoms with Gasteiger partial charge in [0, 0.05) is 17.5 Å². The van der Waals surface area contributed by atoms with Gasteiger partial charge in [-0.05, 0) is 18.6 Å². The number of aromatic nitrogens is 1. The summed E-state index contributed by atoms with van der Waals surface area (Å²) in [6, 6.07) is 5.52. The monoisotopic (exact) mass is 209 g/mol. The van der Waals surface area contributed by atoms with Gasteiger partial charge in [-0.3, -0.25) is 0 Å². The summed E-state index contributed by atoms with van der Waals surface area (Å²) >= 11 is 5.84. The van der Waals surface area contributed by atoms with Gasteiger partial charge >= 0.3 is 0 Å². The zero-order valence-corrected chi connectivity index (χ0v) is 8.84. The van der Waals surface area contributed by atoms with Crippen LogP contribution >= 0.6 is 11.6 Å². The van der Waals surface area contributed by atoms with Crippen LogP contribution in [0.15, 0.2) is 22.6 Å². The van der Waals surface area contributed by atoms with E-state index in [0.29, 0.717) is 5.02 Å². The number of hydrogen-bond donors (Lipinski definition) is 0. The number of benzene rings is 1. The molecular weight excluding hydrogens is 198 g/mol. The van der Waals surface area contributed by atoms with Gasteiger partial charge in [-0.2, -0.15) is 0 Å². The Morgan fingerprint density at radius 1 is 1.43 bits per heavy atom. The van der Waals surface area contributed by atoms with Gasteiger partial charge in [-0.15, -0.1) is 0 Å². The van der Waals surface area contributed by atoms with Crippen LogP contribution in [0.3, 0.4) is 0 Å². The average Bonchev–Trinajstić information content (AvgIpc) is 2.56. The molecule has 2 nitrogen and oxygen atoms in total. The molecule has 0 spiro atoms. The van der Waals surface area contributed by atoms with E-state index in [9.17, 15) is 0 Å². The predicted octanol–water partition coefficient (Wildman–Crippen LogP) is 3.82. The quantitative estimate of drug-likeness (QED) is 0.768. The fourth-order valence-electron chi connectivity index (χ4n) is 1.38. The molecule has 0 saturated heterocycles. The van der Waals surface area contributed by atoms with Crippen LogP contribution in [0.5, 0.6) is 0 Å². The molecule has 3 heteroatoms. The van der Waals surface area contributed by atoms with Crippen molar-refractivity contribution in [2.45, 2.75) is 26.2 Å². The van der Waals surface area contributed by atoms with Gasteiger partial charge in [0.2, 0.25) is 0 Å². The van der Waals surface area contributed by atoms with Gasteiger partial charge < -0.3 is 4.42 Å². The molecule has 0 aliphatic rings. The second-order valence-corrected chi connectivity index (χ2v) is 3.76. The van der Waals surface area contributed by atoms with Crippen LogP contribution in [0, 0.1) is 0 Å². The third kappa shape index (κ3) is 1.90. The molecule has 0 unspecified atom stereocenters. The fourth-order valence-corrected chi connectivity index (χ4v) is 1.54. The Hall–Kier alpha value is -1.02. The molecule has 0 aliphatic heterocycles. The second kappa shape index (κ2) is 4.01. The first-order valence-electron chi connectivity index (χ1n) is 4.84. The molecule has 0 amide bonds. The topological polar surface area (TPSA) is 26.0 Å². The van der Waals surface area contributed by atoms with Crippen molar-refractivity contribution < 1.29 is 4.42 Å². The maximum atomic E-state index is 5.84. The average molecular weight is 210 g/mol. The zero-order valence-electron chi connectivity index (χ0n) is 8.09. The van der Waals surface area contributed by atoms with Crippen LogP contribution < -0.4 is 0 Å². The minimum absolute atomic E-state index is 0.690. The van der Waals surface area contributed by atoms with Crippen molar-refractivity contribution in [3.8, 4) is 0 Å². The normalized spacial score (nSPS) is 11.0. The van der Waals surface area contributed by atoms with Gasteiger partial charge in [-0.25, -0.2) is 4.98 Å². The lowest BCUT2D eigenvalue weighted by atomic mass is 10.2. The van der Waals surface area contributed by atoms with Crippen LogP contribution in [0.1, 0.15) is 25.7 Å². The molecule has 1 heterocycles. The van der Waals surface area contributed by atoms with Gasteiger partial charge in [0.25, 0.3) is 0 Å². The van der Waals surface area contributed by atoms with Gasteiger partial charge in [0.05, 0.1) is 0 Å². The molecule has 74 valence electrons. The van der Waals surface area contributed by atoms with E-state index in [-0.39, 0.29) is 0 Å². The zero-order chi connectivity index (χ0) is 9.97. The van der Waals surface area contributed by atoms with Crippen molar-refractivity contribution in [3.63, 3.8) is 0 Å². The molecule has 0 saturated carbocycles. The summed E-state index contributed by atoms with van der Waals surface area (Å²) in [6.45, 7) is 2.15. The summed E-state index contributed by atoms with van der Waals surface area (Å²) < 4.78 is 5.56. The Morgan fingerprint density at radius 3 is 3.07 bits per heavy atom. The number of unbranched alkanes of at least 4 members (excludes halogenated alkanes) is 1. The lowest BCUT2D eigenvalue weighted by molar-refractivity contribution is 0.517. The van der Waals surface area contributed by atoms with Crippen molar-refractivity contribution >= 4 is 22.7 Å². The highest BCUT2D eigenvalue weighted by Crippen LogP contribution is 2.20. The number of rotatable bonds is 3. The molecule has 0 fully saturated rings.